The van der Waals surface area contributed by atoms with Gasteiger partial charge >= 0.3 is 0 Å². The van der Waals surface area contributed by atoms with Crippen LogP contribution in [0.4, 0.5) is 0 Å². The van der Waals surface area contributed by atoms with Gasteiger partial charge in [-0.05, 0) is 17.7 Å². The first-order valence-electron chi connectivity index (χ1n) is 9.19. The first-order chi connectivity index (χ1) is 14.4. The van der Waals surface area contributed by atoms with Crippen LogP contribution in [-0.4, -0.2) is 52.6 Å². The van der Waals surface area contributed by atoms with Gasteiger partial charge in [-0.2, -0.15) is 0 Å². The van der Waals surface area contributed by atoms with Crippen molar-refractivity contribution in [2.45, 2.75) is 19.3 Å². The van der Waals surface area contributed by atoms with Crippen LogP contribution < -0.4 is 20.2 Å². The molecule has 2 amide bonds. The molecule has 1 aromatic heterocycles. The Morgan fingerprint density at radius 3 is 2.83 bits per heavy atom. The number of fused-ring (bicyclic) bond motifs is 3. The van der Waals surface area contributed by atoms with E-state index in [1.54, 1.807) is 12.1 Å². The minimum absolute atomic E-state index is 0.108. The van der Waals surface area contributed by atoms with Crippen LogP contribution in [0.2, 0.25) is 0 Å². The molecule has 30 heavy (non-hydrogen) atoms. The number of hydrogen-bond acceptors (Lipinski definition) is 7. The zero-order valence-electron chi connectivity index (χ0n) is 15.5. The SMILES string of the molecule is O=C(NCc1cc2c(cc1Br)OCO2)c1cn2c(c(O)c1=O)C(=O)N1CCOC1C2. The van der Waals surface area contributed by atoms with Crippen LogP contribution >= 0.6 is 15.9 Å². The Balaban J connectivity index is 1.41. The summed E-state index contributed by atoms with van der Waals surface area (Å²) in [6.45, 7) is 1.24. The Morgan fingerprint density at radius 1 is 1.27 bits per heavy atom. The molecular formula is C19H16BrN3O7. The third kappa shape index (κ3) is 2.92. The molecule has 3 aliphatic heterocycles. The highest BCUT2D eigenvalue weighted by atomic mass is 79.9. The average Bonchev–Trinajstić information content (AvgIpc) is 3.37. The predicted octanol–water partition coefficient (Wildman–Crippen LogP) is 0.787. The second-order valence-corrected chi connectivity index (χ2v) is 7.88. The van der Waals surface area contributed by atoms with Crippen LogP contribution in [0.1, 0.15) is 26.4 Å². The zero-order valence-corrected chi connectivity index (χ0v) is 17.1. The molecule has 1 aromatic carbocycles. The van der Waals surface area contributed by atoms with Crippen molar-refractivity contribution < 1.29 is 28.9 Å². The van der Waals surface area contributed by atoms with Gasteiger partial charge in [-0.1, -0.05) is 15.9 Å². The van der Waals surface area contributed by atoms with Crippen molar-refractivity contribution in [3.63, 3.8) is 0 Å². The van der Waals surface area contributed by atoms with E-state index in [2.05, 4.69) is 21.2 Å². The Hall–Kier alpha value is -3.05. The quantitative estimate of drug-likeness (QED) is 0.670. The number of benzene rings is 1. The summed E-state index contributed by atoms with van der Waals surface area (Å²) in [6, 6.07) is 3.47. The minimum atomic E-state index is -0.893. The van der Waals surface area contributed by atoms with Gasteiger partial charge in [0.05, 0.1) is 13.2 Å². The van der Waals surface area contributed by atoms with Crippen molar-refractivity contribution in [1.82, 2.24) is 14.8 Å². The molecule has 1 saturated heterocycles. The summed E-state index contributed by atoms with van der Waals surface area (Å²) in [7, 11) is 0. The van der Waals surface area contributed by atoms with E-state index in [4.69, 9.17) is 14.2 Å². The third-order valence-electron chi connectivity index (χ3n) is 5.29. The van der Waals surface area contributed by atoms with E-state index in [1.807, 2.05) is 0 Å². The highest BCUT2D eigenvalue weighted by Gasteiger charge is 2.39. The lowest BCUT2D eigenvalue weighted by molar-refractivity contribution is 0.00845. The zero-order chi connectivity index (χ0) is 21.0. The Kier molecular flexibility index (Phi) is 4.44. The molecule has 2 aromatic rings. The van der Waals surface area contributed by atoms with Crippen LogP contribution in [0, 0.1) is 0 Å². The van der Waals surface area contributed by atoms with E-state index in [9.17, 15) is 19.5 Å². The van der Waals surface area contributed by atoms with Gasteiger partial charge in [0.15, 0.2) is 29.2 Å². The molecule has 4 heterocycles. The summed E-state index contributed by atoms with van der Waals surface area (Å²) >= 11 is 3.42. The molecule has 156 valence electrons. The molecule has 1 fully saturated rings. The molecule has 0 spiro atoms. The van der Waals surface area contributed by atoms with E-state index in [-0.39, 0.29) is 31.1 Å². The van der Waals surface area contributed by atoms with Crippen molar-refractivity contribution in [2.24, 2.45) is 0 Å². The van der Waals surface area contributed by atoms with E-state index < -0.39 is 29.2 Å². The fourth-order valence-electron chi connectivity index (χ4n) is 3.75. The van der Waals surface area contributed by atoms with Crippen LogP contribution in [0.15, 0.2) is 27.6 Å². The van der Waals surface area contributed by atoms with Crippen molar-refractivity contribution in [2.75, 3.05) is 19.9 Å². The van der Waals surface area contributed by atoms with Crippen molar-refractivity contribution >= 4 is 27.7 Å². The first kappa shape index (κ1) is 18.9. The van der Waals surface area contributed by atoms with Gasteiger partial charge in [-0.25, -0.2) is 0 Å². The fourth-order valence-corrected chi connectivity index (χ4v) is 4.22. The lowest BCUT2D eigenvalue weighted by Gasteiger charge is -2.31. The number of amides is 2. The average molecular weight is 478 g/mol. The number of carbonyl (C=O) groups excluding carboxylic acids is 2. The number of ether oxygens (including phenoxy) is 3. The lowest BCUT2D eigenvalue weighted by atomic mass is 10.1. The van der Waals surface area contributed by atoms with E-state index in [1.165, 1.54) is 15.7 Å². The fraction of sp³-hybridized carbons (Fsp3) is 0.316. The van der Waals surface area contributed by atoms with Gasteiger partial charge in [0.1, 0.15) is 5.56 Å². The topological polar surface area (TPSA) is 119 Å². The molecule has 0 saturated carbocycles. The van der Waals surface area contributed by atoms with Gasteiger partial charge < -0.3 is 34.1 Å². The van der Waals surface area contributed by atoms with Crippen LogP contribution in [0.5, 0.6) is 17.2 Å². The Morgan fingerprint density at radius 2 is 2.03 bits per heavy atom. The summed E-state index contributed by atoms with van der Waals surface area (Å²) < 4.78 is 18.2. The molecule has 0 bridgehead atoms. The highest BCUT2D eigenvalue weighted by molar-refractivity contribution is 9.10. The normalized spacial score (nSPS) is 18.9. The smallest absolute Gasteiger partial charge is 0.276 e. The van der Waals surface area contributed by atoms with Gasteiger partial charge in [-0.15, -0.1) is 0 Å². The Labute approximate surface area is 178 Å². The monoisotopic (exact) mass is 477 g/mol. The lowest BCUT2D eigenvalue weighted by Crippen LogP contribution is -2.46. The van der Waals surface area contributed by atoms with Gasteiger partial charge in [0.25, 0.3) is 11.8 Å². The van der Waals surface area contributed by atoms with Crippen molar-refractivity contribution in [3.8, 4) is 17.2 Å². The molecule has 0 radical (unpaired) electrons. The van der Waals surface area contributed by atoms with Crippen LogP contribution in [0.25, 0.3) is 0 Å². The van der Waals surface area contributed by atoms with E-state index in [0.717, 1.165) is 5.56 Å². The molecule has 11 heteroatoms. The molecular weight excluding hydrogens is 462 g/mol. The number of aromatic hydroxyl groups is 1. The van der Waals surface area contributed by atoms with Crippen LogP contribution in [-0.2, 0) is 17.8 Å². The number of hydrogen-bond donors (Lipinski definition) is 2. The molecule has 10 nitrogen and oxygen atoms in total. The second-order valence-electron chi connectivity index (χ2n) is 7.03. The summed E-state index contributed by atoms with van der Waals surface area (Å²) in [4.78, 5) is 39.3. The molecule has 1 atom stereocenters. The van der Waals surface area contributed by atoms with E-state index in [0.29, 0.717) is 29.1 Å². The molecule has 1 unspecified atom stereocenters. The minimum Gasteiger partial charge on any atom is -0.503 e. The highest BCUT2D eigenvalue weighted by Crippen LogP contribution is 2.37. The standard InChI is InChI=1S/C19H16BrN3O7/c20-11-4-13-12(29-8-30-13)3-9(11)5-21-18(26)10-6-22-7-14-23(1-2-28-14)19(27)15(22)17(25)16(10)24/h3-4,6,14,25H,1-2,5,7-8H2,(H,21,26). The van der Waals surface area contributed by atoms with E-state index >= 15 is 0 Å². The molecule has 3 aliphatic rings. The number of nitrogens with zero attached hydrogens (tertiary/aromatic N) is 2. The van der Waals surface area contributed by atoms with Crippen molar-refractivity contribution in [1.29, 1.82) is 0 Å². The maximum Gasteiger partial charge on any atom is 0.276 e. The molecule has 0 aliphatic carbocycles. The summed E-state index contributed by atoms with van der Waals surface area (Å²) in [6.07, 6.45) is 0.811. The number of aromatic nitrogens is 1. The number of carbonyl (C=O) groups is 2. The summed E-state index contributed by atoms with van der Waals surface area (Å²) in [5.74, 6) is -0.731. The number of rotatable bonds is 3. The first-order valence-corrected chi connectivity index (χ1v) is 9.98. The second kappa shape index (κ2) is 7.03. The molecule has 2 N–H and O–H groups in total. The maximum atomic E-state index is 12.7. The van der Waals surface area contributed by atoms with Gasteiger partial charge in [0.2, 0.25) is 12.2 Å². The predicted molar refractivity (Wildman–Crippen MR) is 105 cm³/mol. The van der Waals surface area contributed by atoms with Gasteiger partial charge in [0, 0.05) is 23.8 Å². The van der Waals surface area contributed by atoms with Gasteiger partial charge in [-0.3, -0.25) is 14.4 Å². The number of nitrogens with one attached hydrogen (secondary N) is 1. The Bertz CT molecular complexity index is 1150. The summed E-state index contributed by atoms with van der Waals surface area (Å²) in [5, 5.41) is 13.0. The van der Waals surface area contributed by atoms with Crippen molar-refractivity contribution in [3.05, 3.63) is 49.8 Å². The third-order valence-corrected chi connectivity index (χ3v) is 6.03. The largest absolute Gasteiger partial charge is 0.503 e. The summed E-state index contributed by atoms with van der Waals surface area (Å²) in [5.41, 5.74) is -0.556. The van der Waals surface area contributed by atoms with Crippen LogP contribution in [0.3, 0.4) is 0 Å². The number of halogens is 1. The number of pyridine rings is 1. The maximum absolute atomic E-state index is 12.7. The molecule has 5 rings (SSSR count).